The third-order valence-electron chi connectivity index (χ3n) is 4.61. The summed E-state index contributed by atoms with van der Waals surface area (Å²) in [5.41, 5.74) is 0.754. The molecule has 0 bridgehead atoms. The number of benzene rings is 1. The molecule has 1 saturated carbocycles. The molecule has 0 spiro atoms. The van der Waals surface area contributed by atoms with E-state index in [1.54, 1.807) is 29.2 Å². The van der Waals surface area contributed by atoms with Crippen molar-refractivity contribution in [3.05, 3.63) is 53.9 Å². The maximum absolute atomic E-state index is 13.3. The Morgan fingerprint density at radius 2 is 2.07 bits per heavy atom. The minimum absolute atomic E-state index is 0.173. The van der Waals surface area contributed by atoms with Crippen LogP contribution < -0.4 is 5.32 Å². The molecular formula is C18H20FN7OS. The molecule has 3 aromatic rings. The van der Waals surface area contributed by atoms with Crippen molar-refractivity contribution in [1.29, 1.82) is 0 Å². The molecule has 0 saturated heterocycles. The lowest BCUT2D eigenvalue weighted by Crippen LogP contribution is -2.36. The minimum Gasteiger partial charge on any atom is -0.341 e. The summed E-state index contributed by atoms with van der Waals surface area (Å²) in [6.45, 7) is 1.81. The first-order valence-corrected chi connectivity index (χ1v) is 9.88. The van der Waals surface area contributed by atoms with Crippen molar-refractivity contribution in [3.63, 3.8) is 0 Å². The second-order valence-corrected chi connectivity index (χ2v) is 8.09. The van der Waals surface area contributed by atoms with Crippen LogP contribution in [0.15, 0.2) is 41.8 Å². The Bertz CT molecular complexity index is 966. The second-order valence-electron chi connectivity index (χ2n) is 6.79. The summed E-state index contributed by atoms with van der Waals surface area (Å²) in [5.74, 6) is 0.164. The van der Waals surface area contributed by atoms with Gasteiger partial charge in [0.1, 0.15) is 17.7 Å². The van der Waals surface area contributed by atoms with Crippen molar-refractivity contribution in [2.75, 3.05) is 0 Å². The molecule has 2 aromatic heterocycles. The van der Waals surface area contributed by atoms with Gasteiger partial charge in [-0.3, -0.25) is 4.79 Å². The fourth-order valence-electron chi connectivity index (χ4n) is 2.89. The Kier molecular flexibility index (Phi) is 5.12. The van der Waals surface area contributed by atoms with Crippen LogP contribution in [-0.4, -0.2) is 40.9 Å². The van der Waals surface area contributed by atoms with E-state index in [0.29, 0.717) is 17.0 Å². The van der Waals surface area contributed by atoms with Gasteiger partial charge in [-0.25, -0.2) is 14.1 Å². The zero-order chi connectivity index (χ0) is 19.7. The smallest absolute Gasteiger partial charge is 0.234 e. The lowest BCUT2D eigenvalue weighted by atomic mass is 10.1. The summed E-state index contributed by atoms with van der Waals surface area (Å²) in [6, 6.07) is 5.91. The Labute approximate surface area is 165 Å². The highest BCUT2D eigenvalue weighted by Gasteiger charge is 2.30. The van der Waals surface area contributed by atoms with Gasteiger partial charge in [0, 0.05) is 19.4 Å². The van der Waals surface area contributed by atoms with Crippen molar-refractivity contribution in [3.8, 4) is 0 Å². The lowest BCUT2D eigenvalue weighted by molar-refractivity contribution is -0.120. The third kappa shape index (κ3) is 3.91. The van der Waals surface area contributed by atoms with E-state index in [9.17, 15) is 9.18 Å². The molecule has 1 aromatic carbocycles. The predicted molar refractivity (Wildman–Crippen MR) is 101 cm³/mol. The molecule has 0 aliphatic heterocycles. The lowest BCUT2D eigenvalue weighted by Gasteiger charge is -2.21. The van der Waals surface area contributed by atoms with Crippen LogP contribution in [0.25, 0.3) is 0 Å². The summed E-state index contributed by atoms with van der Waals surface area (Å²) in [6.07, 6.45) is 5.59. The maximum atomic E-state index is 13.3. The first kappa shape index (κ1) is 18.6. The van der Waals surface area contributed by atoms with E-state index in [2.05, 4.69) is 25.8 Å². The van der Waals surface area contributed by atoms with E-state index in [-0.39, 0.29) is 11.7 Å². The summed E-state index contributed by atoms with van der Waals surface area (Å²) >= 11 is 1.32. The number of rotatable bonds is 7. The van der Waals surface area contributed by atoms with Crippen molar-refractivity contribution >= 4 is 17.7 Å². The zero-order valence-electron chi connectivity index (χ0n) is 15.5. The molecule has 146 valence electrons. The normalized spacial score (nSPS) is 16.0. The van der Waals surface area contributed by atoms with Crippen molar-refractivity contribution in [1.82, 2.24) is 35.1 Å². The number of nitrogens with one attached hydrogen (secondary N) is 1. The van der Waals surface area contributed by atoms with Crippen molar-refractivity contribution in [2.45, 2.75) is 42.3 Å². The van der Waals surface area contributed by atoms with Crippen molar-refractivity contribution < 1.29 is 9.18 Å². The number of nitrogens with zero attached hydrogens (tertiary/aromatic N) is 6. The van der Waals surface area contributed by atoms with Crippen LogP contribution in [0.3, 0.4) is 0 Å². The minimum atomic E-state index is -0.490. The van der Waals surface area contributed by atoms with Gasteiger partial charge in [-0.2, -0.15) is 0 Å². The summed E-state index contributed by atoms with van der Waals surface area (Å²) in [4.78, 5) is 17.3. The molecule has 1 amide bonds. The van der Waals surface area contributed by atoms with Gasteiger partial charge < -0.3 is 9.88 Å². The molecule has 0 radical (unpaired) electrons. The fraction of sp³-hybridized carbons (Fsp3) is 0.389. The number of carbonyl (C=O) groups excluding carboxylic acids is 1. The highest BCUT2D eigenvalue weighted by atomic mass is 32.2. The van der Waals surface area contributed by atoms with Crippen LogP contribution in [-0.2, 0) is 11.8 Å². The van der Waals surface area contributed by atoms with Crippen LogP contribution in [0.2, 0.25) is 0 Å². The van der Waals surface area contributed by atoms with Gasteiger partial charge in [-0.05, 0) is 47.9 Å². The van der Waals surface area contributed by atoms with E-state index >= 15 is 0 Å². The Morgan fingerprint density at radius 1 is 1.32 bits per heavy atom. The molecule has 2 atom stereocenters. The average Bonchev–Trinajstić information content (AvgIpc) is 3.28. The molecule has 8 nitrogen and oxygen atoms in total. The first-order valence-electron chi connectivity index (χ1n) is 9.00. The van der Waals surface area contributed by atoms with Gasteiger partial charge in [0.25, 0.3) is 0 Å². The third-order valence-corrected chi connectivity index (χ3v) is 5.66. The van der Waals surface area contributed by atoms with Gasteiger partial charge in [0.05, 0.1) is 11.3 Å². The molecule has 28 heavy (non-hydrogen) atoms. The van der Waals surface area contributed by atoms with E-state index in [1.165, 1.54) is 23.9 Å². The molecular weight excluding hydrogens is 381 g/mol. The Morgan fingerprint density at radius 3 is 2.71 bits per heavy atom. The largest absolute Gasteiger partial charge is 0.341 e. The predicted octanol–water partition coefficient (Wildman–Crippen LogP) is 2.27. The topological polar surface area (TPSA) is 90.5 Å². The van der Waals surface area contributed by atoms with E-state index in [0.717, 1.165) is 18.4 Å². The number of amides is 1. The number of imidazole rings is 1. The van der Waals surface area contributed by atoms with Crippen molar-refractivity contribution in [2.24, 2.45) is 7.05 Å². The molecule has 4 rings (SSSR count). The zero-order valence-corrected chi connectivity index (χ0v) is 16.3. The van der Waals surface area contributed by atoms with Gasteiger partial charge >= 0.3 is 0 Å². The van der Waals surface area contributed by atoms with Gasteiger partial charge in [0.2, 0.25) is 11.1 Å². The van der Waals surface area contributed by atoms with Crippen LogP contribution >= 0.6 is 11.8 Å². The van der Waals surface area contributed by atoms with Gasteiger partial charge in [-0.15, -0.1) is 5.10 Å². The Balaban J connectivity index is 1.52. The summed E-state index contributed by atoms with van der Waals surface area (Å²) in [7, 11) is 1.85. The second kappa shape index (κ2) is 7.70. The molecule has 10 heteroatoms. The number of hydrogen-bond donors (Lipinski definition) is 1. The molecule has 2 heterocycles. The summed E-state index contributed by atoms with van der Waals surface area (Å²) < 4.78 is 17.0. The highest BCUT2D eigenvalue weighted by molar-refractivity contribution is 8.00. The first-order chi connectivity index (χ1) is 13.5. The number of halogens is 1. The van der Waals surface area contributed by atoms with Crippen LogP contribution in [0, 0.1) is 5.82 Å². The number of tetrazole rings is 1. The monoisotopic (exact) mass is 401 g/mol. The average molecular weight is 401 g/mol. The molecule has 1 fully saturated rings. The van der Waals surface area contributed by atoms with E-state index in [1.807, 2.05) is 18.5 Å². The van der Waals surface area contributed by atoms with E-state index in [4.69, 9.17) is 0 Å². The van der Waals surface area contributed by atoms with E-state index < -0.39 is 11.3 Å². The quantitative estimate of drug-likeness (QED) is 0.611. The fourth-order valence-corrected chi connectivity index (χ4v) is 3.76. The SMILES string of the molecule is CC(Sc1nnnn1C1CC1)C(=O)NC(c1ccc(F)cc1)c1nccn1C. The van der Waals surface area contributed by atoms with Gasteiger partial charge in [-0.1, -0.05) is 23.9 Å². The Hall–Kier alpha value is -2.75. The standard InChI is InChI=1S/C18H20FN7OS/c1-11(28-18-22-23-24-26(18)14-7-8-14)17(27)21-15(16-20-9-10-25(16)2)12-3-5-13(19)6-4-12/h3-6,9-11,14-15H,7-8H2,1-2H3,(H,21,27). The maximum Gasteiger partial charge on any atom is 0.234 e. The number of hydrogen-bond acceptors (Lipinski definition) is 6. The highest BCUT2D eigenvalue weighted by Crippen LogP contribution is 2.37. The number of aromatic nitrogens is 6. The summed E-state index contributed by atoms with van der Waals surface area (Å²) in [5, 5.41) is 15.0. The molecule has 1 aliphatic carbocycles. The van der Waals surface area contributed by atoms with Crippen LogP contribution in [0.4, 0.5) is 4.39 Å². The number of thioether (sulfide) groups is 1. The van der Waals surface area contributed by atoms with Gasteiger partial charge in [0.15, 0.2) is 0 Å². The number of carbonyl (C=O) groups is 1. The van der Waals surface area contributed by atoms with Crippen LogP contribution in [0.1, 0.15) is 43.2 Å². The van der Waals surface area contributed by atoms with Crippen LogP contribution in [0.5, 0.6) is 0 Å². The molecule has 1 N–H and O–H groups in total. The molecule has 1 aliphatic rings. The number of aryl methyl sites for hydroxylation is 1. The molecule has 2 unspecified atom stereocenters.